The van der Waals surface area contributed by atoms with Gasteiger partial charge in [0.1, 0.15) is 11.5 Å². The Morgan fingerprint density at radius 2 is 1.97 bits per heavy atom. The Morgan fingerprint density at radius 3 is 2.70 bits per heavy atom. The Bertz CT molecular complexity index is 1260. The minimum Gasteiger partial charge on any atom is -0.324 e. The van der Waals surface area contributed by atoms with Gasteiger partial charge in [0, 0.05) is 48.3 Å². The summed E-state index contributed by atoms with van der Waals surface area (Å²) in [4.78, 5) is 28.8. The van der Waals surface area contributed by atoms with Gasteiger partial charge in [-0.2, -0.15) is 4.98 Å². The topological polar surface area (TPSA) is 71.0 Å². The molecule has 4 fully saturated rings. The van der Waals surface area contributed by atoms with Crippen molar-refractivity contribution in [3.63, 3.8) is 0 Å². The predicted molar refractivity (Wildman–Crippen MR) is 111 cm³/mol. The molecule has 3 aromatic rings. The van der Waals surface area contributed by atoms with Gasteiger partial charge in [-0.15, -0.1) is 0 Å². The molecule has 3 heterocycles. The van der Waals surface area contributed by atoms with Gasteiger partial charge in [-0.25, -0.2) is 9.37 Å². The zero-order valence-electron chi connectivity index (χ0n) is 16.6. The number of hydrogen-bond donors (Lipinski definition) is 1. The number of carbonyl (C=O) groups is 1. The molecule has 1 amide bonds. The van der Waals surface area contributed by atoms with E-state index in [1.807, 2.05) is 36.1 Å². The lowest BCUT2D eigenvalue weighted by Gasteiger charge is -2.68. The highest BCUT2D eigenvalue weighted by Crippen LogP contribution is 2.70. The molecule has 1 spiro atoms. The maximum Gasteiger partial charge on any atom is 0.239 e. The molecule has 2 aromatic heterocycles. The number of aromatic nitrogens is 3. The van der Waals surface area contributed by atoms with Crippen molar-refractivity contribution in [2.75, 3.05) is 10.2 Å². The lowest BCUT2D eigenvalue weighted by Crippen LogP contribution is -2.78. The number of carbonyl (C=O) groups excluding carboxylic acids is 1. The molecule has 1 aromatic carbocycles. The molecule has 8 rings (SSSR count). The van der Waals surface area contributed by atoms with Crippen molar-refractivity contribution in [1.29, 1.82) is 0 Å². The van der Waals surface area contributed by atoms with Crippen molar-refractivity contribution < 1.29 is 9.18 Å². The van der Waals surface area contributed by atoms with Crippen LogP contribution in [0.2, 0.25) is 0 Å². The van der Waals surface area contributed by atoms with Crippen LogP contribution in [0.1, 0.15) is 43.2 Å². The summed E-state index contributed by atoms with van der Waals surface area (Å²) in [5.41, 5.74) is 1.89. The number of rotatable bonds is 3. The molecule has 5 aliphatic rings. The number of fused-ring (bicyclic) bond motifs is 3. The molecule has 0 atom stereocenters. The first-order valence-corrected chi connectivity index (χ1v) is 10.5. The number of nitrogens with one attached hydrogen (secondary N) is 1. The fourth-order valence-corrected chi connectivity index (χ4v) is 5.75. The molecule has 7 heteroatoms. The second kappa shape index (κ2) is 4.96. The third kappa shape index (κ3) is 1.93. The molecule has 4 aliphatic carbocycles. The van der Waals surface area contributed by atoms with Crippen LogP contribution in [0.25, 0.3) is 10.9 Å². The van der Waals surface area contributed by atoms with Gasteiger partial charge in [-0.1, -0.05) is 6.07 Å². The maximum atomic E-state index is 14.2. The summed E-state index contributed by atoms with van der Waals surface area (Å²) in [6, 6.07) is 7.99. The normalized spacial score (nSPS) is 29.5. The van der Waals surface area contributed by atoms with Crippen LogP contribution in [0, 0.1) is 6.92 Å². The van der Waals surface area contributed by atoms with Crippen molar-refractivity contribution in [2.45, 2.75) is 55.7 Å². The quantitative estimate of drug-likeness (QED) is 0.716. The summed E-state index contributed by atoms with van der Waals surface area (Å²) in [6.07, 6.45) is 6.55. The van der Waals surface area contributed by atoms with Crippen molar-refractivity contribution in [1.82, 2.24) is 15.0 Å². The maximum absolute atomic E-state index is 14.2. The van der Waals surface area contributed by atoms with E-state index in [-0.39, 0.29) is 11.4 Å². The highest BCUT2D eigenvalue weighted by Gasteiger charge is 2.76. The lowest BCUT2D eigenvalue weighted by molar-refractivity contribution is -0.160. The Morgan fingerprint density at radius 1 is 1.17 bits per heavy atom. The Hall–Kier alpha value is -3.09. The second-order valence-electron chi connectivity index (χ2n) is 9.55. The van der Waals surface area contributed by atoms with Gasteiger partial charge in [0.15, 0.2) is 0 Å². The Balaban J connectivity index is 1.29. The van der Waals surface area contributed by atoms with Crippen LogP contribution in [0.5, 0.6) is 0 Å². The molecule has 4 saturated carbocycles. The van der Waals surface area contributed by atoms with E-state index in [4.69, 9.17) is 4.98 Å². The highest BCUT2D eigenvalue weighted by molar-refractivity contribution is 6.10. The van der Waals surface area contributed by atoms with Crippen molar-refractivity contribution in [3.8, 4) is 0 Å². The van der Waals surface area contributed by atoms with Crippen molar-refractivity contribution >= 4 is 34.3 Å². The van der Waals surface area contributed by atoms with Gasteiger partial charge in [-0.05, 0) is 43.5 Å². The van der Waals surface area contributed by atoms with E-state index >= 15 is 0 Å². The summed E-state index contributed by atoms with van der Waals surface area (Å²) >= 11 is 0. The molecular weight excluding hydrogens is 381 g/mol. The fraction of sp³-hybridized carbons (Fsp3) is 0.391. The molecular formula is C23H20FN5O. The first-order valence-electron chi connectivity index (χ1n) is 10.5. The summed E-state index contributed by atoms with van der Waals surface area (Å²) in [7, 11) is 0. The summed E-state index contributed by atoms with van der Waals surface area (Å²) in [6.45, 7) is 2.02. The number of alkyl halides is 1. The van der Waals surface area contributed by atoms with Crippen LogP contribution in [0.4, 0.5) is 21.8 Å². The van der Waals surface area contributed by atoms with E-state index in [1.165, 1.54) is 0 Å². The SMILES string of the molecule is Cc1cc2ncccc2cc1Nc1ncc2c(n1)N(C13CC(F)(C1)C3)C(=O)C21CC1. The number of anilines is 3. The molecule has 30 heavy (non-hydrogen) atoms. The Labute approximate surface area is 172 Å². The van der Waals surface area contributed by atoms with Gasteiger partial charge in [-0.3, -0.25) is 14.7 Å². The van der Waals surface area contributed by atoms with E-state index in [0.29, 0.717) is 31.0 Å². The third-order valence-corrected chi connectivity index (χ3v) is 7.47. The highest BCUT2D eigenvalue weighted by atomic mass is 19.1. The van der Waals surface area contributed by atoms with Gasteiger partial charge >= 0.3 is 0 Å². The number of hydrogen-bond acceptors (Lipinski definition) is 5. The van der Waals surface area contributed by atoms with Crippen molar-refractivity contribution in [2.24, 2.45) is 0 Å². The van der Waals surface area contributed by atoms with E-state index in [2.05, 4.69) is 15.3 Å². The van der Waals surface area contributed by atoms with Gasteiger partial charge < -0.3 is 5.32 Å². The smallest absolute Gasteiger partial charge is 0.239 e. The number of pyridine rings is 1. The van der Waals surface area contributed by atoms with Crippen LogP contribution in [0.15, 0.2) is 36.7 Å². The van der Waals surface area contributed by atoms with Gasteiger partial charge in [0.2, 0.25) is 11.9 Å². The standard InChI is InChI=1S/C23H20FN5O/c1-13-7-17-14(3-2-6-25-17)8-16(13)27-20-26-9-15-18(28-20)29(19(30)23(15)4-5-23)22-10-21(24,11-22)12-22/h2-3,6-9H,4-5,10-12H2,1H3,(H,26,27,28). The molecule has 0 radical (unpaired) electrons. The second-order valence-corrected chi connectivity index (χ2v) is 9.55. The van der Waals surface area contributed by atoms with Crippen LogP contribution >= 0.6 is 0 Å². The van der Waals surface area contributed by atoms with E-state index in [9.17, 15) is 9.18 Å². The summed E-state index contributed by atoms with van der Waals surface area (Å²) < 4.78 is 14.2. The minimum atomic E-state index is -1.07. The van der Waals surface area contributed by atoms with Crippen molar-refractivity contribution in [3.05, 3.63) is 47.8 Å². The third-order valence-electron chi connectivity index (χ3n) is 7.47. The monoisotopic (exact) mass is 401 g/mol. The van der Waals surface area contributed by atoms with Crippen LogP contribution in [-0.4, -0.2) is 32.1 Å². The average molecular weight is 401 g/mol. The molecule has 0 saturated heterocycles. The van der Waals surface area contributed by atoms with E-state index in [0.717, 1.165) is 40.6 Å². The molecule has 1 aliphatic heterocycles. The summed E-state index contributed by atoms with van der Waals surface area (Å²) in [5.74, 6) is 1.23. The molecule has 2 bridgehead atoms. The van der Waals surface area contributed by atoms with Crippen LogP contribution in [0.3, 0.4) is 0 Å². The first kappa shape index (κ1) is 16.7. The van der Waals surface area contributed by atoms with Crippen LogP contribution < -0.4 is 10.2 Å². The largest absolute Gasteiger partial charge is 0.324 e. The molecule has 1 N–H and O–H groups in total. The summed E-state index contributed by atoms with van der Waals surface area (Å²) in [5, 5.41) is 4.35. The number of nitrogens with zero attached hydrogens (tertiary/aromatic N) is 4. The zero-order chi connectivity index (χ0) is 20.3. The van der Waals surface area contributed by atoms with Gasteiger partial charge in [0.25, 0.3) is 0 Å². The van der Waals surface area contributed by atoms with Crippen LogP contribution in [-0.2, 0) is 10.2 Å². The molecule has 150 valence electrons. The zero-order valence-corrected chi connectivity index (χ0v) is 16.6. The number of amides is 1. The predicted octanol–water partition coefficient (Wildman–Crippen LogP) is 4.10. The first-order chi connectivity index (χ1) is 14.4. The molecule has 0 unspecified atom stereocenters. The Kier molecular flexibility index (Phi) is 2.76. The number of halogens is 1. The van der Waals surface area contributed by atoms with E-state index in [1.54, 1.807) is 12.4 Å². The number of benzene rings is 1. The molecule has 6 nitrogen and oxygen atoms in total. The minimum absolute atomic E-state index is 0.0960. The fourth-order valence-electron chi connectivity index (χ4n) is 5.75. The average Bonchev–Trinajstić information content (AvgIpc) is 3.44. The van der Waals surface area contributed by atoms with E-state index < -0.39 is 11.1 Å². The lowest BCUT2D eigenvalue weighted by atomic mass is 9.46. The number of aryl methyl sites for hydroxylation is 1. The van der Waals surface area contributed by atoms with Gasteiger partial charge in [0.05, 0.1) is 16.5 Å².